The molecule has 0 spiro atoms. The van der Waals surface area contributed by atoms with Crippen LogP contribution in [0.15, 0.2) is 70.9 Å². The molecule has 8 heteroatoms. The highest BCUT2D eigenvalue weighted by Crippen LogP contribution is 2.43. The summed E-state index contributed by atoms with van der Waals surface area (Å²) in [5, 5.41) is 10.9. The molecule has 1 aliphatic heterocycles. The fourth-order valence-electron chi connectivity index (χ4n) is 3.56. The van der Waals surface area contributed by atoms with Gasteiger partial charge in [0.2, 0.25) is 0 Å². The maximum absolute atomic E-state index is 13.7. The number of nitrogens with zero attached hydrogens (tertiary/aromatic N) is 1. The highest BCUT2D eigenvalue weighted by Gasteiger charge is 2.48. The largest absolute Gasteiger partial charge is 0.507 e. The summed E-state index contributed by atoms with van der Waals surface area (Å²) >= 11 is 5.91. The molecule has 6 nitrogen and oxygen atoms in total. The van der Waals surface area contributed by atoms with E-state index in [0.29, 0.717) is 17.9 Å². The molecule has 1 saturated heterocycles. The number of hydrogen-bond donors (Lipinski definition) is 1. The zero-order valence-corrected chi connectivity index (χ0v) is 17.8. The van der Waals surface area contributed by atoms with Gasteiger partial charge in [0, 0.05) is 11.3 Å². The van der Waals surface area contributed by atoms with Crippen molar-refractivity contribution in [2.75, 3.05) is 11.5 Å². The molecule has 1 amide bonds. The maximum atomic E-state index is 13.7. The van der Waals surface area contributed by atoms with Crippen molar-refractivity contribution >= 4 is 34.7 Å². The lowest BCUT2D eigenvalue weighted by molar-refractivity contribution is -0.132. The van der Waals surface area contributed by atoms with Crippen LogP contribution in [-0.2, 0) is 9.59 Å². The number of rotatable bonds is 6. The Hall–Kier alpha value is -3.58. The van der Waals surface area contributed by atoms with Crippen LogP contribution in [-0.4, -0.2) is 23.4 Å². The summed E-state index contributed by atoms with van der Waals surface area (Å²) in [6.07, 6.45) is 2.20. The van der Waals surface area contributed by atoms with Crippen LogP contribution in [0.4, 0.5) is 10.1 Å². The molecule has 0 radical (unpaired) electrons. The Morgan fingerprint density at radius 1 is 1.19 bits per heavy atom. The number of benzene rings is 2. The number of aliphatic hydroxyl groups is 1. The molecular weight excluding hydrogens is 437 g/mol. The molecule has 164 valence electrons. The Morgan fingerprint density at radius 2 is 2.00 bits per heavy atom. The molecule has 1 N–H and O–H groups in total. The van der Waals surface area contributed by atoms with Gasteiger partial charge in [0.1, 0.15) is 29.1 Å². The molecule has 1 aliphatic rings. The Labute approximate surface area is 188 Å². The number of hydrogen-bond acceptors (Lipinski definition) is 5. The number of carbonyl (C=O) groups is 2. The molecular formula is C24H19ClFNO5. The quantitative estimate of drug-likeness (QED) is 0.302. The van der Waals surface area contributed by atoms with Crippen molar-refractivity contribution in [2.45, 2.75) is 19.4 Å². The van der Waals surface area contributed by atoms with E-state index in [1.54, 1.807) is 36.4 Å². The number of halogens is 2. The normalized spacial score (nSPS) is 17.7. The summed E-state index contributed by atoms with van der Waals surface area (Å²) < 4.78 is 24.8. The molecule has 0 saturated carbocycles. The lowest BCUT2D eigenvalue weighted by Gasteiger charge is -2.23. The van der Waals surface area contributed by atoms with Crippen molar-refractivity contribution in [3.8, 4) is 5.75 Å². The molecule has 1 aromatic heterocycles. The summed E-state index contributed by atoms with van der Waals surface area (Å²) in [5.74, 6) is -2.05. The topological polar surface area (TPSA) is 80.0 Å². The monoisotopic (exact) mass is 455 g/mol. The van der Waals surface area contributed by atoms with E-state index in [2.05, 4.69) is 0 Å². The van der Waals surface area contributed by atoms with Gasteiger partial charge in [-0.25, -0.2) is 4.39 Å². The van der Waals surface area contributed by atoms with Crippen LogP contribution in [0.1, 0.15) is 30.7 Å². The zero-order valence-electron chi connectivity index (χ0n) is 17.0. The third-order valence-electron chi connectivity index (χ3n) is 5.02. The number of ketones is 1. The summed E-state index contributed by atoms with van der Waals surface area (Å²) in [5.41, 5.74) is 0.349. The highest BCUT2D eigenvalue weighted by molar-refractivity contribution is 6.51. The molecule has 32 heavy (non-hydrogen) atoms. The molecule has 3 aromatic rings. The molecule has 2 aromatic carbocycles. The van der Waals surface area contributed by atoms with E-state index in [0.717, 1.165) is 17.4 Å². The first-order valence-electron chi connectivity index (χ1n) is 9.95. The van der Waals surface area contributed by atoms with Crippen LogP contribution in [0, 0.1) is 5.82 Å². The summed E-state index contributed by atoms with van der Waals surface area (Å²) in [6.45, 7) is 2.46. The van der Waals surface area contributed by atoms with Gasteiger partial charge in [0.05, 0.1) is 23.5 Å². The van der Waals surface area contributed by atoms with Gasteiger partial charge in [-0.2, -0.15) is 0 Å². The second-order valence-corrected chi connectivity index (χ2v) is 7.57. The van der Waals surface area contributed by atoms with E-state index in [4.69, 9.17) is 20.8 Å². The standard InChI is InChI=1S/C24H19ClFNO5/c1-2-10-31-16-6-3-5-14(12-16)22(28)20-21(19-7-4-11-32-19)27(24(30)23(20)29)15-8-9-18(26)17(25)13-15/h3-9,11-13,21,28H,2,10H2,1H3/b22-20-. The highest BCUT2D eigenvalue weighted by atomic mass is 35.5. The molecule has 0 bridgehead atoms. The van der Waals surface area contributed by atoms with Gasteiger partial charge in [-0.05, 0) is 48.9 Å². The second kappa shape index (κ2) is 8.88. The molecule has 1 atom stereocenters. The van der Waals surface area contributed by atoms with Crippen molar-refractivity contribution in [3.63, 3.8) is 0 Å². The van der Waals surface area contributed by atoms with Crippen molar-refractivity contribution in [1.82, 2.24) is 0 Å². The first-order chi connectivity index (χ1) is 15.4. The lowest BCUT2D eigenvalue weighted by Crippen LogP contribution is -2.29. The first kappa shape index (κ1) is 21.6. The Morgan fingerprint density at radius 3 is 2.69 bits per heavy atom. The van der Waals surface area contributed by atoms with E-state index in [1.165, 1.54) is 18.4 Å². The summed E-state index contributed by atoms with van der Waals surface area (Å²) in [7, 11) is 0. The smallest absolute Gasteiger partial charge is 0.300 e. The molecule has 1 fully saturated rings. The van der Waals surface area contributed by atoms with E-state index in [-0.39, 0.29) is 27.8 Å². The SMILES string of the molecule is CCCOc1cccc(/C(O)=C2/C(=O)C(=O)N(c3ccc(F)c(Cl)c3)C2c2ccco2)c1. The van der Waals surface area contributed by atoms with Gasteiger partial charge in [-0.1, -0.05) is 30.7 Å². The van der Waals surface area contributed by atoms with Gasteiger partial charge in [-0.15, -0.1) is 0 Å². The van der Waals surface area contributed by atoms with Crippen LogP contribution in [0.3, 0.4) is 0 Å². The van der Waals surface area contributed by atoms with Crippen LogP contribution in [0.25, 0.3) is 5.76 Å². The van der Waals surface area contributed by atoms with Crippen LogP contribution in [0.5, 0.6) is 5.75 Å². The van der Waals surface area contributed by atoms with E-state index < -0.39 is 23.5 Å². The van der Waals surface area contributed by atoms with Gasteiger partial charge in [0.25, 0.3) is 11.7 Å². The predicted molar refractivity (Wildman–Crippen MR) is 117 cm³/mol. The van der Waals surface area contributed by atoms with Crippen molar-refractivity contribution in [3.05, 3.63) is 88.6 Å². The second-order valence-electron chi connectivity index (χ2n) is 7.16. The molecule has 2 heterocycles. The van der Waals surface area contributed by atoms with Crippen molar-refractivity contribution in [2.24, 2.45) is 0 Å². The minimum absolute atomic E-state index is 0.155. The van der Waals surface area contributed by atoms with Crippen LogP contribution in [0.2, 0.25) is 5.02 Å². The van der Waals surface area contributed by atoms with E-state index in [9.17, 15) is 19.1 Å². The van der Waals surface area contributed by atoms with E-state index in [1.807, 2.05) is 6.92 Å². The number of ether oxygens (including phenoxy) is 1. The van der Waals surface area contributed by atoms with Gasteiger partial charge in [0.15, 0.2) is 0 Å². The molecule has 4 rings (SSSR count). The average Bonchev–Trinajstić information content (AvgIpc) is 3.41. The molecule has 0 aliphatic carbocycles. The molecule has 1 unspecified atom stereocenters. The van der Waals surface area contributed by atoms with Gasteiger partial charge >= 0.3 is 0 Å². The predicted octanol–water partition coefficient (Wildman–Crippen LogP) is 5.49. The number of furan rings is 1. The third-order valence-corrected chi connectivity index (χ3v) is 5.31. The lowest BCUT2D eigenvalue weighted by atomic mass is 9.99. The van der Waals surface area contributed by atoms with Gasteiger partial charge < -0.3 is 14.3 Å². The Bertz CT molecular complexity index is 1200. The van der Waals surface area contributed by atoms with Crippen molar-refractivity contribution in [1.29, 1.82) is 0 Å². The fourth-order valence-corrected chi connectivity index (χ4v) is 3.73. The first-order valence-corrected chi connectivity index (χ1v) is 10.3. The Balaban J connectivity index is 1.86. The van der Waals surface area contributed by atoms with Gasteiger partial charge in [-0.3, -0.25) is 14.5 Å². The number of amides is 1. The maximum Gasteiger partial charge on any atom is 0.300 e. The van der Waals surface area contributed by atoms with Crippen LogP contribution < -0.4 is 9.64 Å². The minimum atomic E-state index is -1.06. The van der Waals surface area contributed by atoms with Crippen LogP contribution >= 0.6 is 11.6 Å². The number of aliphatic hydroxyl groups excluding tert-OH is 1. The summed E-state index contributed by atoms with van der Waals surface area (Å²) in [4.78, 5) is 27.2. The average molecular weight is 456 g/mol. The van der Waals surface area contributed by atoms with Crippen molar-refractivity contribution < 1.29 is 28.2 Å². The fraction of sp³-hybridized carbons (Fsp3) is 0.167. The number of Topliss-reactive ketones (excluding diaryl/α,β-unsaturated/α-hetero) is 1. The number of anilines is 1. The summed E-state index contributed by atoms with van der Waals surface area (Å²) in [6, 6.07) is 12.4. The minimum Gasteiger partial charge on any atom is -0.507 e. The zero-order chi connectivity index (χ0) is 22.8. The Kier molecular flexibility index (Phi) is 6.01. The van der Waals surface area contributed by atoms with E-state index >= 15 is 0 Å². The number of carbonyl (C=O) groups excluding carboxylic acids is 2. The third kappa shape index (κ3) is 3.87.